The molecule has 1 aliphatic heterocycles. The average molecular weight is 159 g/mol. The van der Waals surface area contributed by atoms with E-state index in [-0.39, 0.29) is 0 Å². The highest BCUT2D eigenvalue weighted by molar-refractivity contribution is 8.14. The van der Waals surface area contributed by atoms with Crippen molar-refractivity contribution in [2.75, 3.05) is 5.75 Å². The van der Waals surface area contributed by atoms with Gasteiger partial charge in [0.2, 0.25) is 0 Å². The van der Waals surface area contributed by atoms with E-state index >= 15 is 0 Å². The molecule has 10 heavy (non-hydrogen) atoms. The monoisotopic (exact) mass is 159 g/mol. The number of carboxylic acids is 1. The fraction of sp³-hybridized carbons (Fsp3) is 0.667. The summed E-state index contributed by atoms with van der Waals surface area (Å²) in [4.78, 5) is 14.3. The Morgan fingerprint density at radius 1 is 2.00 bits per heavy atom. The number of aliphatic carboxylic acids is 1. The van der Waals surface area contributed by atoms with Gasteiger partial charge in [0.15, 0.2) is 6.04 Å². The largest absolute Gasteiger partial charge is 0.480 e. The number of thioether (sulfide) groups is 1. The number of hydrogen-bond donors (Lipinski definition) is 1. The molecule has 0 amide bonds. The predicted molar refractivity (Wildman–Crippen MR) is 41.6 cm³/mol. The van der Waals surface area contributed by atoms with E-state index in [1.165, 1.54) is 0 Å². The first-order valence-corrected chi connectivity index (χ1v) is 4.15. The number of aliphatic imine (C=N–C) groups is 1. The molecule has 1 heterocycles. The highest BCUT2D eigenvalue weighted by Gasteiger charge is 2.22. The van der Waals surface area contributed by atoms with E-state index in [0.29, 0.717) is 5.75 Å². The van der Waals surface area contributed by atoms with Crippen LogP contribution in [0.15, 0.2) is 4.99 Å². The lowest BCUT2D eigenvalue weighted by atomic mass is 10.4. The highest BCUT2D eigenvalue weighted by atomic mass is 32.2. The number of carbonyl (C=O) groups is 1. The predicted octanol–water partition coefficient (Wildman–Crippen LogP) is 0.995. The smallest absolute Gasteiger partial charge is 0.329 e. The summed E-state index contributed by atoms with van der Waals surface area (Å²) in [5.74, 6) is -0.200. The van der Waals surface area contributed by atoms with Gasteiger partial charge < -0.3 is 5.11 Å². The summed E-state index contributed by atoms with van der Waals surface area (Å²) in [6.45, 7) is 1.98. The minimum absolute atomic E-state index is 0.486. The SMILES string of the molecule is CCC1=NC(C(=O)O)CS1. The second kappa shape index (κ2) is 3.05. The Hall–Kier alpha value is -0.510. The maximum absolute atomic E-state index is 10.3. The van der Waals surface area contributed by atoms with Gasteiger partial charge in [0.05, 0.1) is 5.04 Å². The Bertz CT molecular complexity index is 179. The van der Waals surface area contributed by atoms with E-state index in [1.54, 1.807) is 11.8 Å². The number of rotatable bonds is 2. The van der Waals surface area contributed by atoms with Crippen LogP contribution in [0.4, 0.5) is 0 Å². The molecule has 0 aromatic rings. The Morgan fingerprint density at radius 3 is 3.00 bits per heavy atom. The fourth-order valence-corrected chi connectivity index (χ4v) is 1.72. The summed E-state index contributed by atoms with van der Waals surface area (Å²) in [7, 11) is 0. The number of hydrogen-bond acceptors (Lipinski definition) is 3. The van der Waals surface area contributed by atoms with Crippen LogP contribution in [-0.4, -0.2) is 27.9 Å². The molecule has 0 aromatic carbocycles. The standard InChI is InChI=1S/C6H9NO2S/c1-2-5-7-4(3-10-5)6(8)9/h4H,2-3H2,1H3,(H,8,9). The zero-order chi connectivity index (χ0) is 7.56. The maximum Gasteiger partial charge on any atom is 0.329 e. The van der Waals surface area contributed by atoms with Crippen LogP contribution in [0, 0.1) is 0 Å². The van der Waals surface area contributed by atoms with Crippen LogP contribution in [0.1, 0.15) is 13.3 Å². The highest BCUT2D eigenvalue weighted by Crippen LogP contribution is 2.19. The number of nitrogens with zero attached hydrogens (tertiary/aromatic N) is 1. The minimum atomic E-state index is -0.809. The summed E-state index contributed by atoms with van der Waals surface area (Å²) < 4.78 is 0. The zero-order valence-electron chi connectivity index (χ0n) is 5.70. The molecule has 0 saturated heterocycles. The van der Waals surface area contributed by atoms with Crippen molar-refractivity contribution in [2.45, 2.75) is 19.4 Å². The van der Waals surface area contributed by atoms with Gasteiger partial charge >= 0.3 is 5.97 Å². The van der Waals surface area contributed by atoms with E-state index in [9.17, 15) is 4.79 Å². The molecule has 0 aromatic heterocycles. The van der Waals surface area contributed by atoms with Gasteiger partial charge in [-0.05, 0) is 6.42 Å². The normalized spacial score (nSPS) is 24.5. The van der Waals surface area contributed by atoms with Gasteiger partial charge in [-0.3, -0.25) is 4.99 Å². The minimum Gasteiger partial charge on any atom is -0.480 e. The van der Waals surface area contributed by atoms with Crippen LogP contribution in [0.25, 0.3) is 0 Å². The molecule has 3 nitrogen and oxygen atoms in total. The van der Waals surface area contributed by atoms with Crippen molar-refractivity contribution in [2.24, 2.45) is 4.99 Å². The van der Waals surface area contributed by atoms with Crippen molar-refractivity contribution in [3.63, 3.8) is 0 Å². The van der Waals surface area contributed by atoms with Gasteiger partial charge in [-0.1, -0.05) is 6.92 Å². The van der Waals surface area contributed by atoms with Crippen molar-refractivity contribution in [1.82, 2.24) is 0 Å². The van der Waals surface area contributed by atoms with Crippen molar-refractivity contribution < 1.29 is 9.90 Å². The topological polar surface area (TPSA) is 49.7 Å². The van der Waals surface area contributed by atoms with E-state index in [4.69, 9.17) is 5.11 Å². The summed E-state index contributed by atoms with van der Waals surface area (Å²) in [6.07, 6.45) is 0.856. The molecule has 4 heteroatoms. The van der Waals surface area contributed by atoms with E-state index in [2.05, 4.69) is 4.99 Å². The second-order valence-electron chi connectivity index (χ2n) is 2.04. The van der Waals surface area contributed by atoms with Gasteiger partial charge in [-0.15, -0.1) is 11.8 Å². The maximum atomic E-state index is 10.3. The van der Waals surface area contributed by atoms with E-state index < -0.39 is 12.0 Å². The molecule has 1 aliphatic rings. The van der Waals surface area contributed by atoms with Crippen molar-refractivity contribution in [3.05, 3.63) is 0 Å². The first-order chi connectivity index (χ1) is 4.74. The third kappa shape index (κ3) is 1.50. The summed E-state index contributed by atoms with van der Waals surface area (Å²) in [5.41, 5.74) is 0. The molecule has 0 saturated carbocycles. The van der Waals surface area contributed by atoms with Gasteiger partial charge in [-0.25, -0.2) is 4.79 Å². The van der Waals surface area contributed by atoms with Crippen LogP contribution in [0.5, 0.6) is 0 Å². The summed E-state index contributed by atoms with van der Waals surface area (Å²) >= 11 is 1.55. The lowest BCUT2D eigenvalue weighted by Gasteiger charge is -1.93. The van der Waals surface area contributed by atoms with E-state index in [1.807, 2.05) is 6.92 Å². The van der Waals surface area contributed by atoms with E-state index in [0.717, 1.165) is 11.5 Å². The van der Waals surface area contributed by atoms with Gasteiger partial charge in [0, 0.05) is 5.75 Å². The summed E-state index contributed by atoms with van der Waals surface area (Å²) in [5, 5.41) is 9.47. The van der Waals surface area contributed by atoms with Crippen molar-refractivity contribution in [1.29, 1.82) is 0 Å². The van der Waals surface area contributed by atoms with Gasteiger partial charge in [0.1, 0.15) is 0 Å². The molecule has 1 rings (SSSR count). The molecule has 1 atom stereocenters. The van der Waals surface area contributed by atoms with Gasteiger partial charge in [0.25, 0.3) is 0 Å². The second-order valence-corrected chi connectivity index (χ2v) is 3.13. The van der Waals surface area contributed by atoms with Crippen molar-refractivity contribution >= 4 is 22.8 Å². The third-order valence-electron chi connectivity index (χ3n) is 1.30. The van der Waals surface area contributed by atoms with Crippen LogP contribution in [0.2, 0.25) is 0 Å². The molecule has 0 fully saturated rings. The lowest BCUT2D eigenvalue weighted by molar-refractivity contribution is -0.137. The molecule has 1 N–H and O–H groups in total. The number of carboxylic acid groups (broad SMARTS) is 1. The Kier molecular flexibility index (Phi) is 2.32. The lowest BCUT2D eigenvalue weighted by Crippen LogP contribution is -2.16. The molecule has 0 spiro atoms. The Morgan fingerprint density at radius 2 is 2.70 bits per heavy atom. The molecular formula is C6H9NO2S. The van der Waals surface area contributed by atoms with Crippen LogP contribution < -0.4 is 0 Å². The zero-order valence-corrected chi connectivity index (χ0v) is 6.52. The van der Waals surface area contributed by atoms with Crippen molar-refractivity contribution in [3.8, 4) is 0 Å². The first kappa shape index (κ1) is 7.60. The fourth-order valence-electron chi connectivity index (χ4n) is 0.743. The van der Waals surface area contributed by atoms with Crippen LogP contribution >= 0.6 is 11.8 Å². The van der Waals surface area contributed by atoms with Crippen LogP contribution in [0.3, 0.4) is 0 Å². The van der Waals surface area contributed by atoms with Crippen LogP contribution in [-0.2, 0) is 4.79 Å². The molecule has 0 bridgehead atoms. The van der Waals surface area contributed by atoms with Gasteiger partial charge in [-0.2, -0.15) is 0 Å². The summed E-state index contributed by atoms with van der Waals surface area (Å²) in [6, 6.07) is -0.486. The molecule has 1 unspecified atom stereocenters. The molecule has 0 radical (unpaired) electrons. The Balaban J connectivity index is 2.55. The quantitative estimate of drug-likeness (QED) is 0.653. The first-order valence-electron chi connectivity index (χ1n) is 3.16. The third-order valence-corrected chi connectivity index (χ3v) is 2.50. The Labute approximate surface area is 63.5 Å². The molecular weight excluding hydrogens is 150 g/mol. The average Bonchev–Trinajstić information content (AvgIpc) is 2.34. The molecule has 56 valence electrons. The molecule has 0 aliphatic carbocycles.